The van der Waals surface area contributed by atoms with Crippen LogP contribution in [0.2, 0.25) is 0 Å². The van der Waals surface area contributed by atoms with Crippen molar-refractivity contribution in [3.8, 4) is 5.75 Å². The van der Waals surface area contributed by atoms with Crippen molar-refractivity contribution in [3.63, 3.8) is 0 Å². The van der Waals surface area contributed by atoms with Crippen LogP contribution < -0.4 is 4.74 Å². The van der Waals surface area contributed by atoms with Crippen LogP contribution in [-0.2, 0) is 16.2 Å². The van der Waals surface area contributed by atoms with E-state index in [4.69, 9.17) is 4.74 Å². The predicted molar refractivity (Wildman–Crippen MR) is 148 cm³/mol. The third-order valence-corrected chi connectivity index (χ3v) is 6.90. The van der Waals surface area contributed by atoms with Crippen LogP contribution in [0.15, 0.2) is 82.8 Å². The van der Waals surface area contributed by atoms with Crippen LogP contribution in [-0.4, -0.2) is 53.8 Å². The summed E-state index contributed by atoms with van der Waals surface area (Å²) in [6.07, 6.45) is 0.705. The van der Waals surface area contributed by atoms with Gasteiger partial charge in [-0.2, -0.15) is 0 Å². The average molecular weight is 563 g/mol. The Bertz CT molecular complexity index is 1320. The van der Waals surface area contributed by atoms with Crippen molar-refractivity contribution >= 4 is 33.4 Å². The summed E-state index contributed by atoms with van der Waals surface area (Å²) in [6.45, 7) is 3.46. The molecule has 4 rings (SSSR count). The van der Waals surface area contributed by atoms with Gasteiger partial charge < -0.3 is 19.6 Å². The third kappa shape index (κ3) is 6.12. The Labute approximate surface area is 226 Å². The summed E-state index contributed by atoms with van der Waals surface area (Å²) in [6, 6.07) is 22.0. The highest BCUT2D eigenvalue weighted by Crippen LogP contribution is 2.40. The molecule has 1 heterocycles. The van der Waals surface area contributed by atoms with E-state index in [0.29, 0.717) is 30.9 Å². The normalized spacial score (nSPS) is 17.0. The minimum atomic E-state index is -0.673. The molecular formula is C30H31BrN2O4. The predicted octanol–water partition coefficient (Wildman–Crippen LogP) is 5.71. The highest BCUT2D eigenvalue weighted by Gasteiger charge is 2.46. The quantitative estimate of drug-likeness (QED) is 0.205. The van der Waals surface area contributed by atoms with E-state index in [1.165, 1.54) is 0 Å². The van der Waals surface area contributed by atoms with Gasteiger partial charge in [0.05, 0.1) is 11.6 Å². The molecule has 1 atom stereocenters. The molecule has 0 saturated carbocycles. The number of likely N-dealkylation sites (tertiary alicyclic amines) is 1. The molecule has 1 amide bonds. The first-order chi connectivity index (χ1) is 17.8. The topological polar surface area (TPSA) is 70.1 Å². The number of ketones is 1. The fourth-order valence-electron chi connectivity index (χ4n) is 4.57. The lowest BCUT2D eigenvalue weighted by atomic mass is 9.94. The van der Waals surface area contributed by atoms with Crippen LogP contribution in [0.25, 0.3) is 5.76 Å². The maximum atomic E-state index is 13.3. The maximum Gasteiger partial charge on any atom is 0.295 e. The summed E-state index contributed by atoms with van der Waals surface area (Å²) in [5, 5.41) is 11.4. The fourth-order valence-corrected chi connectivity index (χ4v) is 4.99. The molecule has 1 aliphatic rings. The van der Waals surface area contributed by atoms with Crippen molar-refractivity contribution < 1.29 is 19.4 Å². The summed E-state index contributed by atoms with van der Waals surface area (Å²) in [7, 11) is 3.94. The highest BCUT2D eigenvalue weighted by molar-refractivity contribution is 9.10. The van der Waals surface area contributed by atoms with Crippen molar-refractivity contribution in [2.75, 3.05) is 27.2 Å². The molecule has 0 bridgehead atoms. The summed E-state index contributed by atoms with van der Waals surface area (Å²) in [4.78, 5) is 30.0. The minimum Gasteiger partial charge on any atom is -0.507 e. The van der Waals surface area contributed by atoms with Gasteiger partial charge in [-0.1, -0.05) is 58.4 Å². The second-order valence-corrected chi connectivity index (χ2v) is 10.4. The number of amides is 1. The van der Waals surface area contributed by atoms with Gasteiger partial charge in [-0.25, -0.2) is 0 Å². The molecular weight excluding hydrogens is 532 g/mol. The number of halogens is 1. The molecule has 7 heteroatoms. The van der Waals surface area contributed by atoms with E-state index in [1.54, 1.807) is 17.0 Å². The van der Waals surface area contributed by atoms with E-state index in [-0.39, 0.29) is 11.3 Å². The molecule has 6 nitrogen and oxygen atoms in total. The van der Waals surface area contributed by atoms with E-state index >= 15 is 0 Å². The van der Waals surface area contributed by atoms with Gasteiger partial charge >= 0.3 is 0 Å². The molecule has 1 saturated heterocycles. The number of aliphatic hydroxyl groups is 1. The number of hydrogen-bond donors (Lipinski definition) is 1. The zero-order valence-electron chi connectivity index (χ0n) is 21.3. The van der Waals surface area contributed by atoms with Gasteiger partial charge in [0.25, 0.3) is 11.7 Å². The highest BCUT2D eigenvalue weighted by atomic mass is 79.9. The number of ether oxygens (including phenoxy) is 1. The van der Waals surface area contributed by atoms with E-state index in [0.717, 1.165) is 27.7 Å². The van der Waals surface area contributed by atoms with Crippen LogP contribution in [0.3, 0.4) is 0 Å². The van der Waals surface area contributed by atoms with Crippen molar-refractivity contribution in [2.24, 2.45) is 0 Å². The molecule has 0 aliphatic carbocycles. The van der Waals surface area contributed by atoms with Crippen molar-refractivity contribution in [3.05, 3.63) is 105 Å². The summed E-state index contributed by atoms with van der Waals surface area (Å²) in [5.41, 5.74) is 3.16. The molecule has 3 aromatic carbocycles. The first-order valence-electron chi connectivity index (χ1n) is 12.2. The Morgan fingerprint density at radius 1 is 1.03 bits per heavy atom. The van der Waals surface area contributed by atoms with E-state index in [9.17, 15) is 14.7 Å². The number of rotatable bonds is 9. The molecule has 0 radical (unpaired) electrons. The SMILES string of the molecule is Cc1cc(OCc2ccccc2)ccc1C(O)=C1C(=O)C(=O)N(CCCN(C)C)C1c1cccc(Br)c1. The van der Waals surface area contributed by atoms with Crippen molar-refractivity contribution in [1.29, 1.82) is 0 Å². The number of Topliss-reactive ketones (excluding diaryl/α,β-unsaturated/α-hetero) is 1. The van der Waals surface area contributed by atoms with Gasteiger partial charge in [-0.15, -0.1) is 0 Å². The largest absolute Gasteiger partial charge is 0.507 e. The van der Waals surface area contributed by atoms with E-state index in [2.05, 4.69) is 15.9 Å². The zero-order chi connectivity index (χ0) is 26.5. The Hall–Kier alpha value is -3.42. The average Bonchev–Trinajstić information content (AvgIpc) is 3.13. The molecule has 1 unspecified atom stereocenters. The molecule has 0 spiro atoms. The molecule has 192 valence electrons. The number of aliphatic hydroxyl groups excluding tert-OH is 1. The van der Waals surface area contributed by atoms with Crippen LogP contribution in [0.4, 0.5) is 0 Å². The zero-order valence-corrected chi connectivity index (χ0v) is 22.9. The number of hydrogen-bond acceptors (Lipinski definition) is 5. The number of nitrogens with zero attached hydrogens (tertiary/aromatic N) is 2. The lowest BCUT2D eigenvalue weighted by Crippen LogP contribution is -2.32. The Morgan fingerprint density at radius 2 is 1.78 bits per heavy atom. The van der Waals surface area contributed by atoms with Crippen LogP contribution in [0.1, 0.15) is 34.7 Å². The van der Waals surface area contributed by atoms with E-state index < -0.39 is 17.7 Å². The van der Waals surface area contributed by atoms with Gasteiger partial charge in [0.1, 0.15) is 18.1 Å². The van der Waals surface area contributed by atoms with Crippen molar-refractivity contribution in [2.45, 2.75) is 26.0 Å². The standard InChI is InChI=1S/C30H31BrN2O4/c1-20-17-24(37-19-21-9-5-4-6-10-21)13-14-25(20)28(34)26-27(22-11-7-12-23(31)18-22)33(30(36)29(26)35)16-8-15-32(2)3/h4-7,9-14,17-18,27,34H,8,15-16,19H2,1-3H3. The Morgan fingerprint density at radius 3 is 2.46 bits per heavy atom. The second kappa shape index (κ2) is 11.8. The molecule has 1 N–H and O–H groups in total. The van der Waals surface area contributed by atoms with Gasteiger partial charge in [0.2, 0.25) is 0 Å². The molecule has 1 aliphatic heterocycles. The second-order valence-electron chi connectivity index (χ2n) is 9.46. The summed E-state index contributed by atoms with van der Waals surface area (Å²) < 4.78 is 6.75. The van der Waals surface area contributed by atoms with Crippen LogP contribution in [0.5, 0.6) is 5.75 Å². The molecule has 1 fully saturated rings. The number of carbonyl (C=O) groups is 2. The van der Waals surface area contributed by atoms with Crippen LogP contribution in [0, 0.1) is 6.92 Å². The lowest BCUT2D eigenvalue weighted by molar-refractivity contribution is -0.139. The number of carbonyl (C=O) groups excluding carboxylic acids is 2. The number of benzene rings is 3. The van der Waals surface area contributed by atoms with Gasteiger partial charge in [-0.3, -0.25) is 9.59 Å². The minimum absolute atomic E-state index is 0.106. The smallest absolute Gasteiger partial charge is 0.295 e. The monoisotopic (exact) mass is 562 g/mol. The maximum absolute atomic E-state index is 13.3. The van der Waals surface area contributed by atoms with E-state index in [1.807, 2.05) is 86.6 Å². The molecule has 0 aromatic heterocycles. The lowest BCUT2D eigenvalue weighted by Gasteiger charge is -2.26. The van der Waals surface area contributed by atoms with Gasteiger partial charge in [-0.05, 0) is 81.0 Å². The van der Waals surface area contributed by atoms with Crippen LogP contribution >= 0.6 is 15.9 Å². The summed E-state index contributed by atoms with van der Waals surface area (Å²) in [5.74, 6) is -0.780. The fraction of sp³-hybridized carbons (Fsp3) is 0.267. The van der Waals surface area contributed by atoms with Crippen molar-refractivity contribution in [1.82, 2.24) is 9.80 Å². The molecule has 3 aromatic rings. The first kappa shape index (κ1) is 26.6. The van der Waals surface area contributed by atoms with Gasteiger partial charge in [0, 0.05) is 16.6 Å². The third-order valence-electron chi connectivity index (χ3n) is 6.41. The first-order valence-corrected chi connectivity index (χ1v) is 13.0. The summed E-state index contributed by atoms with van der Waals surface area (Å²) >= 11 is 3.50. The number of aryl methyl sites for hydroxylation is 1. The Balaban J connectivity index is 1.68. The molecule has 37 heavy (non-hydrogen) atoms. The van der Waals surface area contributed by atoms with Gasteiger partial charge in [0.15, 0.2) is 0 Å². The Kier molecular flexibility index (Phi) is 8.46.